The van der Waals surface area contributed by atoms with Gasteiger partial charge >= 0.3 is 5.97 Å². The fraction of sp³-hybridized carbons (Fsp3) is 0.400. The molecule has 3 aliphatic carbocycles. The zero-order valence-corrected chi connectivity index (χ0v) is 15.6. The van der Waals surface area contributed by atoms with Gasteiger partial charge in [0.05, 0.1) is 18.3 Å². The molecule has 29 heavy (non-hydrogen) atoms. The van der Waals surface area contributed by atoms with Crippen LogP contribution in [0.15, 0.2) is 24.7 Å². The van der Waals surface area contributed by atoms with Crippen molar-refractivity contribution in [3.8, 4) is 11.4 Å². The molecule has 0 amide bonds. The molecule has 3 heterocycles. The zero-order valence-electron chi connectivity index (χ0n) is 15.6. The van der Waals surface area contributed by atoms with Crippen molar-refractivity contribution in [3.63, 3.8) is 0 Å². The minimum atomic E-state index is -0.692. The molecule has 3 saturated carbocycles. The molecule has 3 aromatic rings. The van der Waals surface area contributed by atoms with Crippen molar-refractivity contribution in [2.24, 2.45) is 17.8 Å². The Kier molecular flexibility index (Phi) is 5.12. The molecule has 9 heteroatoms. The van der Waals surface area contributed by atoms with Gasteiger partial charge in [-0.15, -0.1) is 0 Å². The summed E-state index contributed by atoms with van der Waals surface area (Å²) in [5, 5.41) is 9.38. The lowest BCUT2D eigenvalue weighted by Crippen LogP contribution is -2.35. The Bertz CT molecular complexity index is 1050. The summed E-state index contributed by atoms with van der Waals surface area (Å²) < 4.78 is 26.1. The van der Waals surface area contributed by atoms with E-state index in [-0.39, 0.29) is 17.6 Å². The number of nitrogens with two attached hydrogens (primary N) is 1. The molecule has 1 unspecified atom stereocenters. The summed E-state index contributed by atoms with van der Waals surface area (Å²) in [5.74, 6) is -0.506. The van der Waals surface area contributed by atoms with Crippen molar-refractivity contribution >= 4 is 22.8 Å². The first-order valence-electron chi connectivity index (χ1n) is 9.56. The first-order chi connectivity index (χ1) is 13.9. The molecule has 152 valence electrons. The van der Waals surface area contributed by atoms with Crippen molar-refractivity contribution in [3.05, 3.63) is 36.3 Å². The van der Waals surface area contributed by atoms with E-state index in [4.69, 9.17) is 10.8 Å². The summed E-state index contributed by atoms with van der Waals surface area (Å²) in [6.07, 6.45) is 9.52. The monoisotopic (exact) mass is 401 g/mol. The highest BCUT2D eigenvalue weighted by molar-refractivity contribution is 5.91. The smallest absolute Gasteiger partial charge is 0.306 e. The predicted octanol–water partition coefficient (Wildman–Crippen LogP) is 3.78. The number of nitrogen functional groups attached to an aromatic ring is 1. The summed E-state index contributed by atoms with van der Waals surface area (Å²) in [6, 6.07) is 1.30. The third kappa shape index (κ3) is 3.90. The highest BCUT2D eigenvalue weighted by Gasteiger charge is 2.39. The summed E-state index contributed by atoms with van der Waals surface area (Å²) in [4.78, 5) is 25.1. The number of H-pyrrole nitrogens is 1. The average Bonchev–Trinajstić information content (AvgIpc) is 3.14. The molecular formula is C20H21F2N5O2. The van der Waals surface area contributed by atoms with Crippen LogP contribution in [-0.2, 0) is 4.79 Å². The Morgan fingerprint density at radius 2 is 1.93 bits per heavy atom. The van der Waals surface area contributed by atoms with Crippen LogP contribution in [0.5, 0.6) is 0 Å². The number of pyridine rings is 1. The Balaban J connectivity index is 0.000000159. The molecule has 4 N–H and O–H groups in total. The van der Waals surface area contributed by atoms with Crippen molar-refractivity contribution in [2.45, 2.75) is 32.1 Å². The van der Waals surface area contributed by atoms with E-state index in [2.05, 4.69) is 19.9 Å². The molecule has 0 saturated heterocycles. The molecule has 1 atom stereocenters. The SMILES string of the molecule is Nc1nc(-c2c[nH]c3ncc(F)cc23)ncc1F.O=C(O)C1CC2CCC1CC2. The van der Waals surface area contributed by atoms with E-state index in [1.165, 1.54) is 31.7 Å². The minimum absolute atomic E-state index is 0.00231. The van der Waals surface area contributed by atoms with Gasteiger partial charge in [0.1, 0.15) is 11.5 Å². The number of fused-ring (bicyclic) bond motifs is 4. The topological polar surface area (TPSA) is 118 Å². The van der Waals surface area contributed by atoms with Gasteiger partial charge in [-0.3, -0.25) is 4.79 Å². The number of rotatable bonds is 2. The van der Waals surface area contributed by atoms with Crippen LogP contribution >= 0.6 is 0 Å². The lowest BCUT2D eigenvalue weighted by Gasteiger charge is -2.40. The number of carbonyl (C=O) groups is 1. The van der Waals surface area contributed by atoms with Gasteiger partial charge in [0, 0.05) is 17.1 Å². The standard InChI is InChI=1S/C11H7F2N5.C9H14O2/c12-5-1-6-7(3-16-10(6)15-2-5)11-17-4-8(13)9(14)18-11;10-9(11)8-5-6-1-3-7(8)4-2-6/h1-4H,(H,15,16)(H2,14,17,18);6-8H,1-5H2,(H,10,11). The van der Waals surface area contributed by atoms with Gasteiger partial charge in [0.2, 0.25) is 0 Å². The second-order valence-corrected chi connectivity index (χ2v) is 7.64. The third-order valence-corrected chi connectivity index (χ3v) is 5.87. The molecule has 3 fully saturated rings. The highest BCUT2D eigenvalue weighted by Crippen LogP contribution is 2.44. The molecule has 0 spiro atoms. The van der Waals surface area contributed by atoms with Gasteiger partial charge in [0.25, 0.3) is 0 Å². The zero-order chi connectivity index (χ0) is 20.5. The van der Waals surface area contributed by atoms with Crippen molar-refractivity contribution in [1.29, 1.82) is 0 Å². The number of nitrogens with zero attached hydrogens (tertiary/aromatic N) is 3. The highest BCUT2D eigenvalue weighted by atomic mass is 19.1. The number of hydrogen-bond acceptors (Lipinski definition) is 5. The molecular weight excluding hydrogens is 380 g/mol. The summed E-state index contributed by atoms with van der Waals surface area (Å²) >= 11 is 0. The first-order valence-corrected chi connectivity index (χ1v) is 9.56. The lowest BCUT2D eigenvalue weighted by molar-refractivity contribution is -0.147. The van der Waals surface area contributed by atoms with Gasteiger partial charge in [0.15, 0.2) is 17.5 Å². The van der Waals surface area contributed by atoms with Crippen LogP contribution in [0.4, 0.5) is 14.6 Å². The quantitative estimate of drug-likeness (QED) is 0.601. The van der Waals surface area contributed by atoms with E-state index in [1.54, 1.807) is 6.20 Å². The molecule has 6 rings (SSSR count). The number of anilines is 1. The maximum atomic E-state index is 13.2. The minimum Gasteiger partial charge on any atom is -0.481 e. The summed E-state index contributed by atoms with van der Waals surface area (Å²) in [5.41, 5.74) is 6.39. The van der Waals surface area contributed by atoms with Crippen molar-refractivity contribution in [2.75, 3.05) is 5.73 Å². The predicted molar refractivity (Wildman–Crippen MR) is 103 cm³/mol. The largest absolute Gasteiger partial charge is 0.481 e. The van der Waals surface area contributed by atoms with Gasteiger partial charge in [-0.05, 0) is 37.2 Å². The first kappa shape index (κ1) is 19.2. The Labute approximate surface area is 165 Å². The number of aliphatic carboxylic acids is 1. The molecule has 0 radical (unpaired) electrons. The molecule has 7 nitrogen and oxygen atoms in total. The van der Waals surface area contributed by atoms with Gasteiger partial charge in [-0.2, -0.15) is 0 Å². The number of carboxylic acid groups (broad SMARTS) is 1. The molecule has 2 bridgehead atoms. The maximum absolute atomic E-state index is 13.2. The second-order valence-electron chi connectivity index (χ2n) is 7.64. The van der Waals surface area contributed by atoms with E-state index in [0.717, 1.165) is 24.7 Å². The average molecular weight is 401 g/mol. The number of aromatic amines is 1. The van der Waals surface area contributed by atoms with E-state index in [9.17, 15) is 13.6 Å². The van der Waals surface area contributed by atoms with Crippen LogP contribution in [-0.4, -0.2) is 31.0 Å². The van der Waals surface area contributed by atoms with E-state index >= 15 is 0 Å². The van der Waals surface area contributed by atoms with Crippen LogP contribution in [0.1, 0.15) is 32.1 Å². The van der Waals surface area contributed by atoms with Crippen LogP contribution in [0.2, 0.25) is 0 Å². The van der Waals surface area contributed by atoms with Crippen LogP contribution < -0.4 is 5.73 Å². The fourth-order valence-corrected chi connectivity index (χ4v) is 4.35. The Morgan fingerprint density at radius 1 is 1.17 bits per heavy atom. The third-order valence-electron chi connectivity index (χ3n) is 5.87. The number of halogens is 2. The van der Waals surface area contributed by atoms with Crippen LogP contribution in [0.3, 0.4) is 0 Å². The molecule has 0 aromatic carbocycles. The second kappa shape index (κ2) is 7.73. The van der Waals surface area contributed by atoms with Gasteiger partial charge in [-0.1, -0.05) is 12.8 Å². The number of carboxylic acids is 1. The fourth-order valence-electron chi connectivity index (χ4n) is 4.35. The van der Waals surface area contributed by atoms with E-state index in [0.29, 0.717) is 22.5 Å². The van der Waals surface area contributed by atoms with Crippen molar-refractivity contribution < 1.29 is 18.7 Å². The van der Waals surface area contributed by atoms with Crippen molar-refractivity contribution in [1.82, 2.24) is 19.9 Å². The normalized spacial score (nSPS) is 22.9. The van der Waals surface area contributed by atoms with Crippen LogP contribution in [0.25, 0.3) is 22.4 Å². The van der Waals surface area contributed by atoms with Gasteiger partial charge < -0.3 is 15.8 Å². The van der Waals surface area contributed by atoms with E-state index < -0.39 is 17.6 Å². The van der Waals surface area contributed by atoms with E-state index in [1.807, 2.05) is 0 Å². The number of nitrogens with one attached hydrogen (secondary N) is 1. The molecule has 3 aromatic heterocycles. The lowest BCUT2D eigenvalue weighted by atomic mass is 9.65. The van der Waals surface area contributed by atoms with Crippen LogP contribution in [0, 0.1) is 29.4 Å². The maximum Gasteiger partial charge on any atom is 0.306 e. The molecule has 3 aliphatic rings. The summed E-state index contributed by atoms with van der Waals surface area (Å²) in [7, 11) is 0. The molecule has 0 aliphatic heterocycles. The van der Waals surface area contributed by atoms with Gasteiger partial charge in [-0.25, -0.2) is 23.7 Å². The Morgan fingerprint density at radius 3 is 2.52 bits per heavy atom. The number of aromatic nitrogens is 4. The number of hydrogen-bond donors (Lipinski definition) is 3. The summed E-state index contributed by atoms with van der Waals surface area (Å²) in [6.45, 7) is 0. The Hall–Kier alpha value is -3.10.